The molecule has 0 atom stereocenters. The van der Waals surface area contributed by atoms with Crippen LogP contribution in [0.3, 0.4) is 0 Å². The first kappa shape index (κ1) is 10.3. The molecular formula is C6H7BrF2N2. The summed E-state index contributed by atoms with van der Waals surface area (Å²) in [4.78, 5) is 0. The number of nitrogens with two attached hydrogens (primary N) is 1. The molecule has 3 N–H and O–H groups in total. The van der Waals surface area contributed by atoms with Crippen molar-refractivity contribution in [3.05, 3.63) is 29.8 Å². The van der Waals surface area contributed by atoms with E-state index in [0.29, 0.717) is 0 Å². The second-order valence-electron chi connectivity index (χ2n) is 1.74. The maximum Gasteiger partial charge on any atom is 0.150 e. The number of anilines is 1. The summed E-state index contributed by atoms with van der Waals surface area (Å²) >= 11 is 0. The van der Waals surface area contributed by atoms with Crippen LogP contribution in [0.2, 0.25) is 0 Å². The highest BCUT2D eigenvalue weighted by Gasteiger charge is 2.04. The van der Waals surface area contributed by atoms with Gasteiger partial charge < -0.3 is 5.43 Å². The van der Waals surface area contributed by atoms with Crippen LogP contribution in [0.15, 0.2) is 18.2 Å². The number of hydrazine groups is 1. The summed E-state index contributed by atoms with van der Waals surface area (Å²) in [5.41, 5.74) is 1.61. The largest absolute Gasteiger partial charge is 0.319 e. The van der Waals surface area contributed by atoms with Gasteiger partial charge in [0.05, 0.1) is 0 Å². The molecule has 0 aliphatic rings. The molecule has 11 heavy (non-hydrogen) atoms. The Morgan fingerprint density at radius 3 is 1.91 bits per heavy atom. The third-order valence-corrected chi connectivity index (χ3v) is 1.11. The lowest BCUT2D eigenvalue weighted by atomic mass is 10.3. The molecule has 0 bridgehead atoms. The van der Waals surface area contributed by atoms with Crippen LogP contribution in [0, 0.1) is 11.6 Å². The number of hydrogen-bond donors (Lipinski definition) is 2. The summed E-state index contributed by atoms with van der Waals surface area (Å²) in [5.74, 6) is 3.44. The van der Waals surface area contributed by atoms with Gasteiger partial charge in [0.1, 0.15) is 5.69 Å². The fraction of sp³-hybridized carbons (Fsp3) is 0. The van der Waals surface area contributed by atoms with Crippen molar-refractivity contribution in [3.8, 4) is 0 Å². The highest BCUT2D eigenvalue weighted by atomic mass is 79.9. The zero-order valence-corrected chi connectivity index (χ0v) is 7.19. The van der Waals surface area contributed by atoms with Gasteiger partial charge in [-0.25, -0.2) is 8.78 Å². The van der Waals surface area contributed by atoms with E-state index in [1.165, 1.54) is 6.07 Å². The van der Waals surface area contributed by atoms with Gasteiger partial charge >= 0.3 is 0 Å². The predicted molar refractivity (Wildman–Crippen MR) is 44.5 cm³/mol. The van der Waals surface area contributed by atoms with Crippen LogP contribution in [0.25, 0.3) is 0 Å². The van der Waals surface area contributed by atoms with Gasteiger partial charge in [-0.15, -0.1) is 17.0 Å². The van der Waals surface area contributed by atoms with Gasteiger partial charge in [-0.2, -0.15) is 0 Å². The smallest absolute Gasteiger partial charge is 0.150 e. The quantitative estimate of drug-likeness (QED) is 0.565. The highest BCUT2D eigenvalue weighted by molar-refractivity contribution is 8.93. The normalized spacial score (nSPS) is 8.64. The fourth-order valence-electron chi connectivity index (χ4n) is 0.636. The van der Waals surface area contributed by atoms with E-state index in [1.807, 2.05) is 5.43 Å². The summed E-state index contributed by atoms with van der Waals surface area (Å²) < 4.78 is 24.9. The van der Waals surface area contributed by atoms with Crippen LogP contribution in [0.1, 0.15) is 0 Å². The second-order valence-corrected chi connectivity index (χ2v) is 1.74. The van der Waals surface area contributed by atoms with Crippen molar-refractivity contribution in [1.29, 1.82) is 0 Å². The van der Waals surface area contributed by atoms with E-state index in [2.05, 4.69) is 0 Å². The molecule has 1 rings (SSSR count). The Balaban J connectivity index is 0.000001000. The maximum absolute atomic E-state index is 12.5. The number of nitrogens with one attached hydrogen (secondary N) is 1. The first-order chi connectivity index (χ1) is 4.75. The van der Waals surface area contributed by atoms with E-state index in [0.717, 1.165) is 12.1 Å². The lowest BCUT2D eigenvalue weighted by molar-refractivity contribution is 0.589. The van der Waals surface area contributed by atoms with Gasteiger partial charge in [-0.1, -0.05) is 6.07 Å². The summed E-state index contributed by atoms with van der Waals surface area (Å²) in [6.07, 6.45) is 0. The van der Waals surface area contributed by atoms with Gasteiger partial charge in [0, 0.05) is 0 Å². The van der Waals surface area contributed by atoms with Crippen molar-refractivity contribution in [2.45, 2.75) is 0 Å². The molecule has 0 fully saturated rings. The minimum absolute atomic E-state index is 0. The molecule has 0 aliphatic heterocycles. The summed E-state index contributed by atoms with van der Waals surface area (Å²) in [5, 5.41) is 0. The SMILES string of the molecule is Br.NNc1c(F)cccc1F. The fourth-order valence-corrected chi connectivity index (χ4v) is 0.636. The highest BCUT2D eigenvalue weighted by Crippen LogP contribution is 2.15. The minimum Gasteiger partial charge on any atom is -0.319 e. The monoisotopic (exact) mass is 224 g/mol. The molecule has 5 heteroatoms. The third kappa shape index (κ3) is 2.13. The molecule has 0 heterocycles. The topological polar surface area (TPSA) is 38.0 Å². The van der Waals surface area contributed by atoms with Gasteiger partial charge in [0.2, 0.25) is 0 Å². The lowest BCUT2D eigenvalue weighted by Gasteiger charge is -2.00. The van der Waals surface area contributed by atoms with Crippen LogP contribution >= 0.6 is 17.0 Å². The molecule has 62 valence electrons. The van der Waals surface area contributed by atoms with Crippen molar-refractivity contribution in [2.75, 3.05) is 5.43 Å². The second kappa shape index (κ2) is 4.25. The van der Waals surface area contributed by atoms with Crippen molar-refractivity contribution in [2.24, 2.45) is 5.84 Å². The summed E-state index contributed by atoms with van der Waals surface area (Å²) in [6.45, 7) is 0. The Hall–Kier alpha value is -0.680. The molecule has 0 aromatic heterocycles. The van der Waals surface area contributed by atoms with Crippen molar-refractivity contribution >= 4 is 22.7 Å². The van der Waals surface area contributed by atoms with Crippen molar-refractivity contribution in [3.63, 3.8) is 0 Å². The Morgan fingerprint density at radius 1 is 1.18 bits per heavy atom. The third-order valence-electron chi connectivity index (χ3n) is 1.11. The van der Waals surface area contributed by atoms with Crippen LogP contribution < -0.4 is 11.3 Å². The van der Waals surface area contributed by atoms with E-state index >= 15 is 0 Å². The molecule has 0 unspecified atom stereocenters. The van der Waals surface area contributed by atoms with E-state index in [1.54, 1.807) is 0 Å². The minimum atomic E-state index is -0.692. The molecule has 0 saturated carbocycles. The van der Waals surface area contributed by atoms with Gasteiger partial charge in [-0.05, 0) is 12.1 Å². The molecule has 1 aromatic rings. The average Bonchev–Trinajstić information content (AvgIpc) is 1.88. The number of para-hydroxylation sites is 1. The molecule has 1 aromatic carbocycles. The Morgan fingerprint density at radius 2 is 1.64 bits per heavy atom. The van der Waals surface area contributed by atoms with Gasteiger partial charge in [0.15, 0.2) is 11.6 Å². The van der Waals surface area contributed by atoms with Crippen LogP contribution in [-0.4, -0.2) is 0 Å². The van der Waals surface area contributed by atoms with E-state index < -0.39 is 11.6 Å². The van der Waals surface area contributed by atoms with E-state index in [4.69, 9.17) is 5.84 Å². The molecule has 0 amide bonds. The molecule has 0 spiro atoms. The van der Waals surface area contributed by atoms with Crippen molar-refractivity contribution < 1.29 is 8.78 Å². The predicted octanol–water partition coefficient (Wildman–Crippen LogP) is 1.83. The lowest BCUT2D eigenvalue weighted by Crippen LogP contribution is -2.10. The number of rotatable bonds is 1. The number of benzene rings is 1. The van der Waals surface area contributed by atoms with Gasteiger partial charge in [0.25, 0.3) is 0 Å². The summed E-state index contributed by atoms with van der Waals surface area (Å²) in [7, 11) is 0. The van der Waals surface area contributed by atoms with Crippen LogP contribution in [0.5, 0.6) is 0 Å². The zero-order valence-electron chi connectivity index (χ0n) is 5.47. The molecule has 2 nitrogen and oxygen atoms in total. The Labute approximate surface area is 73.1 Å². The number of nitrogen functional groups attached to an aromatic ring is 1. The summed E-state index contributed by atoms with van der Waals surface area (Å²) in [6, 6.07) is 3.52. The number of hydrogen-bond acceptors (Lipinski definition) is 2. The van der Waals surface area contributed by atoms with Gasteiger partial charge in [-0.3, -0.25) is 5.84 Å². The maximum atomic E-state index is 12.5. The van der Waals surface area contributed by atoms with E-state index in [-0.39, 0.29) is 22.7 Å². The molecule has 0 aliphatic carbocycles. The first-order valence-corrected chi connectivity index (χ1v) is 2.66. The van der Waals surface area contributed by atoms with Crippen molar-refractivity contribution in [1.82, 2.24) is 0 Å². The number of halogens is 3. The zero-order chi connectivity index (χ0) is 7.56. The van der Waals surface area contributed by atoms with Crippen LogP contribution in [0.4, 0.5) is 14.5 Å². The van der Waals surface area contributed by atoms with Crippen LogP contribution in [-0.2, 0) is 0 Å². The molecule has 0 saturated heterocycles. The molecule has 0 radical (unpaired) electrons. The Kier molecular flexibility index (Phi) is 3.99. The first-order valence-electron chi connectivity index (χ1n) is 2.66. The standard InChI is InChI=1S/C6H6F2N2.BrH/c7-4-2-1-3-5(8)6(4)10-9;/h1-3,10H,9H2;1H. The van der Waals surface area contributed by atoms with E-state index in [9.17, 15) is 8.78 Å². The Bertz CT molecular complexity index is 222. The molecular weight excluding hydrogens is 218 g/mol. The average molecular weight is 225 g/mol.